The molecular formula is C21H21N5O2. The average molecular weight is 375 g/mol. The smallest absolute Gasteiger partial charge is 0.319 e. The van der Waals surface area contributed by atoms with Crippen molar-refractivity contribution in [1.82, 2.24) is 15.1 Å². The van der Waals surface area contributed by atoms with E-state index in [1.54, 1.807) is 41.2 Å². The fraction of sp³-hybridized carbons (Fsp3) is 0.0952. The Bertz CT molecular complexity index is 978. The molecule has 0 saturated heterocycles. The maximum absolute atomic E-state index is 12.6. The molecule has 3 rings (SSSR count). The summed E-state index contributed by atoms with van der Waals surface area (Å²) in [5, 5.41) is 12.5. The van der Waals surface area contributed by atoms with Crippen LogP contribution in [0.15, 0.2) is 73.4 Å². The van der Waals surface area contributed by atoms with E-state index < -0.39 is 0 Å². The number of benzene rings is 2. The molecule has 0 unspecified atom stereocenters. The summed E-state index contributed by atoms with van der Waals surface area (Å²) in [6.45, 7) is 5.78. The van der Waals surface area contributed by atoms with E-state index in [-0.39, 0.29) is 11.9 Å². The number of nitrogens with zero attached hydrogens (tertiary/aromatic N) is 2. The number of carbonyl (C=O) groups is 2. The third-order valence-corrected chi connectivity index (χ3v) is 4.06. The first-order valence-electron chi connectivity index (χ1n) is 8.75. The van der Waals surface area contributed by atoms with E-state index in [1.165, 1.54) is 0 Å². The molecule has 7 heteroatoms. The minimum absolute atomic E-state index is 0.246. The van der Waals surface area contributed by atoms with Crippen molar-refractivity contribution in [3.05, 3.63) is 84.7 Å². The quantitative estimate of drug-likeness (QED) is 0.574. The largest absolute Gasteiger partial charge is 0.334 e. The van der Waals surface area contributed by atoms with Gasteiger partial charge in [-0.15, -0.1) is 6.58 Å². The van der Waals surface area contributed by atoms with Crippen LogP contribution in [0, 0.1) is 6.92 Å². The lowest BCUT2D eigenvalue weighted by molar-refractivity contribution is 0.102. The summed E-state index contributed by atoms with van der Waals surface area (Å²) < 4.78 is 1.73. The van der Waals surface area contributed by atoms with Crippen LogP contribution in [0.1, 0.15) is 16.1 Å². The Balaban J connectivity index is 1.66. The Labute approximate surface area is 163 Å². The summed E-state index contributed by atoms with van der Waals surface area (Å²) in [7, 11) is 0. The second kappa shape index (κ2) is 8.68. The number of para-hydroxylation sites is 1. The van der Waals surface area contributed by atoms with E-state index in [4.69, 9.17) is 0 Å². The molecule has 2 aromatic carbocycles. The molecule has 0 saturated carbocycles. The average Bonchev–Trinajstić information content (AvgIpc) is 3.10. The molecule has 0 aliphatic rings. The SMILES string of the molecule is C=CCNC(=O)Nc1ccc(NC(=O)c2cnn(-c3ccccc3)c2C)cc1. The van der Waals surface area contributed by atoms with Crippen LogP contribution in [-0.2, 0) is 0 Å². The monoisotopic (exact) mass is 375 g/mol. The molecule has 3 N–H and O–H groups in total. The minimum atomic E-state index is -0.319. The van der Waals surface area contributed by atoms with Gasteiger partial charge in [0.15, 0.2) is 0 Å². The molecule has 3 aromatic rings. The number of nitrogens with one attached hydrogen (secondary N) is 3. The van der Waals surface area contributed by atoms with Crippen LogP contribution in [0.4, 0.5) is 16.2 Å². The van der Waals surface area contributed by atoms with Gasteiger partial charge in [-0.1, -0.05) is 24.3 Å². The normalized spacial score (nSPS) is 10.2. The molecule has 28 heavy (non-hydrogen) atoms. The predicted molar refractivity (Wildman–Crippen MR) is 110 cm³/mol. The Morgan fingerprint density at radius 3 is 2.32 bits per heavy atom. The predicted octanol–water partition coefficient (Wildman–Crippen LogP) is 3.74. The highest BCUT2D eigenvalue weighted by Gasteiger charge is 2.15. The van der Waals surface area contributed by atoms with Gasteiger partial charge in [0.2, 0.25) is 0 Å². The van der Waals surface area contributed by atoms with E-state index >= 15 is 0 Å². The van der Waals surface area contributed by atoms with Gasteiger partial charge in [-0.05, 0) is 43.3 Å². The fourth-order valence-corrected chi connectivity index (χ4v) is 2.64. The van der Waals surface area contributed by atoms with Gasteiger partial charge in [0.05, 0.1) is 23.1 Å². The van der Waals surface area contributed by atoms with Gasteiger partial charge in [-0.25, -0.2) is 9.48 Å². The number of urea groups is 1. The van der Waals surface area contributed by atoms with E-state index in [2.05, 4.69) is 27.6 Å². The maximum atomic E-state index is 12.6. The van der Waals surface area contributed by atoms with Gasteiger partial charge < -0.3 is 16.0 Å². The zero-order chi connectivity index (χ0) is 19.9. The summed E-state index contributed by atoms with van der Waals surface area (Å²) >= 11 is 0. The van der Waals surface area contributed by atoms with E-state index in [1.807, 2.05) is 37.3 Å². The van der Waals surface area contributed by atoms with Crippen molar-refractivity contribution in [2.75, 3.05) is 17.2 Å². The molecular weight excluding hydrogens is 354 g/mol. The molecule has 0 spiro atoms. The standard InChI is InChI=1S/C21H21N5O2/c1-3-13-22-21(28)25-17-11-9-16(10-12-17)24-20(27)19-14-23-26(15(19)2)18-7-5-4-6-8-18/h3-12,14H,1,13H2,2H3,(H,24,27)(H2,22,25,28). The van der Waals surface area contributed by atoms with Crippen LogP contribution in [0.5, 0.6) is 0 Å². The molecule has 1 aromatic heterocycles. The van der Waals surface area contributed by atoms with Crippen molar-refractivity contribution in [3.63, 3.8) is 0 Å². The second-order valence-electron chi connectivity index (χ2n) is 6.05. The molecule has 0 bridgehead atoms. The minimum Gasteiger partial charge on any atom is -0.334 e. The Morgan fingerprint density at radius 1 is 1.04 bits per heavy atom. The van der Waals surface area contributed by atoms with Crippen LogP contribution in [-0.4, -0.2) is 28.3 Å². The molecule has 142 valence electrons. The second-order valence-corrected chi connectivity index (χ2v) is 6.05. The van der Waals surface area contributed by atoms with E-state index in [0.29, 0.717) is 23.5 Å². The lowest BCUT2D eigenvalue weighted by Crippen LogP contribution is -2.28. The van der Waals surface area contributed by atoms with Crippen LogP contribution < -0.4 is 16.0 Å². The third kappa shape index (κ3) is 4.45. The van der Waals surface area contributed by atoms with Crippen molar-refractivity contribution >= 4 is 23.3 Å². The number of rotatable bonds is 6. The summed E-state index contributed by atoms with van der Waals surface area (Å²) in [4.78, 5) is 24.2. The molecule has 7 nitrogen and oxygen atoms in total. The summed E-state index contributed by atoms with van der Waals surface area (Å²) in [6.07, 6.45) is 3.15. The van der Waals surface area contributed by atoms with Gasteiger partial charge in [0.1, 0.15) is 0 Å². The first-order chi connectivity index (χ1) is 13.6. The number of carbonyl (C=O) groups excluding carboxylic acids is 2. The van der Waals surface area contributed by atoms with Gasteiger partial charge in [0.25, 0.3) is 5.91 Å². The molecule has 1 heterocycles. The van der Waals surface area contributed by atoms with Gasteiger partial charge >= 0.3 is 6.03 Å². The fourth-order valence-electron chi connectivity index (χ4n) is 2.64. The van der Waals surface area contributed by atoms with Crippen molar-refractivity contribution in [2.45, 2.75) is 6.92 Å². The lowest BCUT2D eigenvalue weighted by Gasteiger charge is -2.09. The van der Waals surface area contributed by atoms with Gasteiger partial charge in [0, 0.05) is 17.9 Å². The number of hydrogen-bond acceptors (Lipinski definition) is 3. The zero-order valence-electron chi connectivity index (χ0n) is 15.5. The zero-order valence-corrected chi connectivity index (χ0v) is 15.5. The van der Waals surface area contributed by atoms with Crippen LogP contribution in [0.2, 0.25) is 0 Å². The van der Waals surface area contributed by atoms with Crippen molar-refractivity contribution < 1.29 is 9.59 Å². The van der Waals surface area contributed by atoms with Crippen molar-refractivity contribution in [3.8, 4) is 5.69 Å². The summed E-state index contributed by atoms with van der Waals surface area (Å²) in [5.41, 5.74) is 3.38. The van der Waals surface area contributed by atoms with Gasteiger partial charge in [-0.2, -0.15) is 5.10 Å². The first-order valence-corrected chi connectivity index (χ1v) is 8.75. The van der Waals surface area contributed by atoms with Gasteiger partial charge in [-0.3, -0.25) is 4.79 Å². The highest BCUT2D eigenvalue weighted by atomic mass is 16.2. The van der Waals surface area contributed by atoms with Crippen LogP contribution >= 0.6 is 0 Å². The van der Waals surface area contributed by atoms with Crippen molar-refractivity contribution in [2.24, 2.45) is 0 Å². The Kier molecular flexibility index (Phi) is 5.86. The Hall–Kier alpha value is -3.87. The highest BCUT2D eigenvalue weighted by Crippen LogP contribution is 2.17. The molecule has 0 aliphatic heterocycles. The highest BCUT2D eigenvalue weighted by molar-refractivity contribution is 6.05. The van der Waals surface area contributed by atoms with E-state index in [9.17, 15) is 9.59 Å². The summed E-state index contributed by atoms with van der Waals surface area (Å²) in [5.74, 6) is -0.246. The first kappa shape index (κ1) is 18.9. The molecule has 0 radical (unpaired) electrons. The molecule has 3 amide bonds. The lowest BCUT2D eigenvalue weighted by atomic mass is 10.2. The number of aromatic nitrogens is 2. The van der Waals surface area contributed by atoms with Crippen LogP contribution in [0.25, 0.3) is 5.69 Å². The number of hydrogen-bond donors (Lipinski definition) is 3. The topological polar surface area (TPSA) is 88.1 Å². The Morgan fingerprint density at radius 2 is 1.68 bits per heavy atom. The molecule has 0 fully saturated rings. The maximum Gasteiger partial charge on any atom is 0.319 e. The molecule has 0 aliphatic carbocycles. The summed E-state index contributed by atoms with van der Waals surface area (Å²) in [6, 6.07) is 16.2. The van der Waals surface area contributed by atoms with Crippen LogP contribution in [0.3, 0.4) is 0 Å². The number of amides is 3. The van der Waals surface area contributed by atoms with Crippen molar-refractivity contribution in [1.29, 1.82) is 0 Å². The third-order valence-electron chi connectivity index (χ3n) is 4.06. The van der Waals surface area contributed by atoms with E-state index in [0.717, 1.165) is 11.4 Å². The molecule has 0 atom stereocenters. The number of anilines is 2.